The van der Waals surface area contributed by atoms with Crippen molar-refractivity contribution in [3.05, 3.63) is 53.1 Å². The van der Waals surface area contributed by atoms with Gasteiger partial charge in [-0.2, -0.15) is 5.26 Å². The second-order valence-corrected chi connectivity index (χ2v) is 4.54. The van der Waals surface area contributed by atoms with E-state index in [0.29, 0.717) is 6.61 Å². The highest BCUT2D eigenvalue weighted by molar-refractivity contribution is 6.08. The molecule has 0 aliphatic carbocycles. The molecule has 24 heavy (non-hydrogen) atoms. The molecule has 7 heteroatoms. The van der Waals surface area contributed by atoms with Crippen LogP contribution < -0.4 is 5.32 Å². The summed E-state index contributed by atoms with van der Waals surface area (Å²) in [5, 5.41) is 29.4. The summed E-state index contributed by atoms with van der Waals surface area (Å²) in [5.74, 6) is -1.81. The number of aromatic carboxylic acids is 1. The van der Waals surface area contributed by atoms with Crippen LogP contribution in [-0.2, 0) is 9.53 Å². The number of benzene rings is 1. The number of anilines is 1. The molecule has 0 atom stereocenters. The van der Waals surface area contributed by atoms with E-state index in [1.54, 1.807) is 0 Å². The molecule has 3 N–H and O–H groups in total. The zero-order valence-corrected chi connectivity index (χ0v) is 13.2. The maximum Gasteiger partial charge on any atom is 0.337 e. The van der Waals surface area contributed by atoms with Crippen molar-refractivity contribution < 1.29 is 24.5 Å². The van der Waals surface area contributed by atoms with Gasteiger partial charge >= 0.3 is 5.97 Å². The van der Waals surface area contributed by atoms with Crippen LogP contribution in [0.5, 0.6) is 0 Å². The third-order valence-corrected chi connectivity index (χ3v) is 2.92. The van der Waals surface area contributed by atoms with E-state index in [-0.39, 0.29) is 35.6 Å². The maximum absolute atomic E-state index is 12.3. The number of hydrogen-bond acceptors (Lipinski definition) is 5. The van der Waals surface area contributed by atoms with Crippen LogP contribution in [0.3, 0.4) is 0 Å². The predicted octanol–water partition coefficient (Wildman–Crippen LogP) is 1.71. The highest BCUT2D eigenvalue weighted by Gasteiger charge is 2.15. The number of amides is 1. The van der Waals surface area contributed by atoms with Crippen molar-refractivity contribution >= 4 is 17.6 Å². The summed E-state index contributed by atoms with van der Waals surface area (Å²) in [6.45, 7) is 2.26. The Morgan fingerprint density at radius 3 is 2.75 bits per heavy atom. The average Bonchev–Trinajstić information content (AvgIpc) is 2.58. The minimum atomic E-state index is -1.26. The highest BCUT2D eigenvalue weighted by Crippen LogP contribution is 2.18. The Labute approximate surface area is 139 Å². The molecule has 126 valence electrons. The van der Waals surface area contributed by atoms with Crippen LogP contribution >= 0.6 is 0 Å². The normalized spacial score (nSPS) is 11.3. The summed E-state index contributed by atoms with van der Waals surface area (Å²) in [6.07, 6.45) is 4.32. The van der Waals surface area contributed by atoms with E-state index >= 15 is 0 Å². The quantitative estimate of drug-likeness (QED) is 0.379. The van der Waals surface area contributed by atoms with Crippen molar-refractivity contribution in [3.8, 4) is 6.07 Å². The molecule has 7 nitrogen and oxygen atoms in total. The number of aliphatic hydroxyl groups is 1. The molecule has 0 heterocycles. The van der Waals surface area contributed by atoms with E-state index in [2.05, 4.69) is 5.32 Å². The van der Waals surface area contributed by atoms with Crippen LogP contribution in [0.15, 0.2) is 42.0 Å². The second-order valence-electron chi connectivity index (χ2n) is 4.54. The Morgan fingerprint density at radius 1 is 1.42 bits per heavy atom. The minimum Gasteiger partial charge on any atom is -0.478 e. The van der Waals surface area contributed by atoms with Crippen molar-refractivity contribution in [1.29, 1.82) is 5.26 Å². The fourth-order valence-corrected chi connectivity index (χ4v) is 1.78. The lowest BCUT2D eigenvalue weighted by Gasteiger charge is -2.10. The molecule has 0 saturated heterocycles. The number of carbonyl (C=O) groups excluding carboxylic acids is 1. The van der Waals surface area contributed by atoms with Gasteiger partial charge in [0.25, 0.3) is 5.91 Å². The van der Waals surface area contributed by atoms with Gasteiger partial charge in [0.05, 0.1) is 36.1 Å². The van der Waals surface area contributed by atoms with E-state index < -0.39 is 11.9 Å². The van der Waals surface area contributed by atoms with E-state index in [1.807, 2.05) is 13.0 Å². The van der Waals surface area contributed by atoms with Gasteiger partial charge in [0.15, 0.2) is 0 Å². The molecule has 0 fully saturated rings. The van der Waals surface area contributed by atoms with Crippen LogP contribution in [0.25, 0.3) is 0 Å². The van der Waals surface area contributed by atoms with Gasteiger partial charge in [-0.25, -0.2) is 4.79 Å². The molecule has 1 aromatic rings. The topological polar surface area (TPSA) is 120 Å². The number of hydrogen-bond donors (Lipinski definition) is 3. The largest absolute Gasteiger partial charge is 0.478 e. The van der Waals surface area contributed by atoms with Gasteiger partial charge < -0.3 is 20.3 Å². The van der Waals surface area contributed by atoms with Gasteiger partial charge in [-0.1, -0.05) is 12.2 Å². The van der Waals surface area contributed by atoms with Gasteiger partial charge in [0.2, 0.25) is 0 Å². The fourth-order valence-electron chi connectivity index (χ4n) is 1.78. The molecule has 0 aliphatic rings. The first kappa shape index (κ1) is 19.1. The SMILES string of the molecule is CCOC/C=C(\C=C/CO)C(=O)Nc1ccc(C#N)cc1C(=O)O. The van der Waals surface area contributed by atoms with Crippen LogP contribution in [0.1, 0.15) is 22.8 Å². The Balaban J connectivity index is 3.06. The number of aliphatic hydroxyl groups excluding tert-OH is 1. The molecular weight excluding hydrogens is 312 g/mol. The lowest BCUT2D eigenvalue weighted by Crippen LogP contribution is -2.16. The summed E-state index contributed by atoms with van der Waals surface area (Å²) in [5.41, 5.74) is 0.291. The molecule has 0 radical (unpaired) electrons. The molecule has 1 aromatic carbocycles. The molecule has 0 bridgehead atoms. The summed E-state index contributed by atoms with van der Waals surface area (Å²) in [6, 6.07) is 5.80. The number of nitrogens with zero attached hydrogens (tertiary/aromatic N) is 1. The van der Waals surface area contributed by atoms with Gasteiger partial charge in [-0.3, -0.25) is 4.79 Å². The average molecular weight is 330 g/mol. The number of carboxylic acids is 1. The Morgan fingerprint density at radius 2 is 2.17 bits per heavy atom. The minimum absolute atomic E-state index is 0.0752. The molecule has 0 spiro atoms. The number of ether oxygens (including phenoxy) is 1. The number of nitrogens with one attached hydrogen (secondary N) is 1. The highest BCUT2D eigenvalue weighted by atomic mass is 16.5. The van der Waals surface area contributed by atoms with Crippen LogP contribution in [-0.4, -0.2) is 41.9 Å². The standard InChI is InChI=1S/C17H18N2O5/c1-2-24-9-7-13(4-3-8-20)16(21)19-15-6-5-12(11-18)10-14(15)17(22)23/h3-7,10,20H,2,8-9H2,1H3,(H,19,21)(H,22,23)/b4-3-,13-7+. The number of carboxylic acid groups (broad SMARTS) is 1. The molecule has 0 aromatic heterocycles. The lowest BCUT2D eigenvalue weighted by atomic mass is 10.1. The molecule has 1 rings (SSSR count). The summed E-state index contributed by atoms with van der Waals surface area (Å²) >= 11 is 0. The van der Waals surface area contributed by atoms with E-state index in [0.717, 1.165) is 0 Å². The van der Waals surface area contributed by atoms with E-state index in [4.69, 9.17) is 15.1 Å². The van der Waals surface area contributed by atoms with Crippen LogP contribution in [0.4, 0.5) is 5.69 Å². The van der Waals surface area contributed by atoms with Gasteiger partial charge in [-0.15, -0.1) is 0 Å². The molecule has 0 aliphatic heterocycles. The molecule has 0 unspecified atom stereocenters. The van der Waals surface area contributed by atoms with E-state index in [9.17, 15) is 14.7 Å². The zero-order valence-electron chi connectivity index (χ0n) is 13.2. The number of rotatable bonds is 8. The zero-order chi connectivity index (χ0) is 17.9. The smallest absolute Gasteiger partial charge is 0.337 e. The first-order chi connectivity index (χ1) is 11.5. The van der Waals surface area contributed by atoms with Crippen molar-refractivity contribution in [2.24, 2.45) is 0 Å². The van der Waals surface area contributed by atoms with Gasteiger partial charge in [-0.05, 0) is 31.2 Å². The molecular formula is C17H18N2O5. The Hall–Kier alpha value is -2.95. The third kappa shape index (κ3) is 5.68. The van der Waals surface area contributed by atoms with Crippen molar-refractivity contribution in [1.82, 2.24) is 0 Å². The lowest BCUT2D eigenvalue weighted by molar-refractivity contribution is -0.112. The molecule has 1 amide bonds. The molecule has 0 saturated carbocycles. The van der Waals surface area contributed by atoms with E-state index in [1.165, 1.54) is 36.4 Å². The number of carbonyl (C=O) groups is 2. The maximum atomic E-state index is 12.3. The summed E-state index contributed by atoms with van der Waals surface area (Å²) in [4.78, 5) is 23.6. The van der Waals surface area contributed by atoms with Gasteiger partial charge in [0, 0.05) is 12.2 Å². The fraction of sp³-hybridized carbons (Fsp3) is 0.235. The second kappa shape index (κ2) is 9.94. The van der Waals surface area contributed by atoms with Crippen LogP contribution in [0.2, 0.25) is 0 Å². The monoisotopic (exact) mass is 330 g/mol. The van der Waals surface area contributed by atoms with Crippen molar-refractivity contribution in [2.45, 2.75) is 6.92 Å². The Bertz CT molecular complexity index is 701. The van der Waals surface area contributed by atoms with Crippen LogP contribution in [0, 0.1) is 11.3 Å². The number of nitriles is 1. The van der Waals surface area contributed by atoms with Crippen molar-refractivity contribution in [3.63, 3.8) is 0 Å². The third-order valence-electron chi connectivity index (χ3n) is 2.92. The summed E-state index contributed by atoms with van der Waals surface area (Å²) in [7, 11) is 0. The summed E-state index contributed by atoms with van der Waals surface area (Å²) < 4.78 is 5.15. The van der Waals surface area contributed by atoms with Gasteiger partial charge in [0.1, 0.15) is 0 Å². The first-order valence-corrected chi connectivity index (χ1v) is 7.17. The van der Waals surface area contributed by atoms with Crippen molar-refractivity contribution in [2.75, 3.05) is 25.1 Å². The first-order valence-electron chi connectivity index (χ1n) is 7.17. The Kier molecular flexibility index (Phi) is 7.91. The predicted molar refractivity (Wildman–Crippen MR) is 87.5 cm³/mol.